The molecule has 0 aliphatic carbocycles. The van der Waals surface area contributed by atoms with Crippen LogP contribution in [0.4, 0.5) is 5.69 Å². The number of sulfonamides is 1. The van der Waals surface area contributed by atoms with Crippen LogP contribution in [0.15, 0.2) is 29.2 Å². The maximum Gasteiger partial charge on any atom is 0.242 e. The van der Waals surface area contributed by atoms with Crippen LogP contribution in [0, 0.1) is 6.92 Å². The predicted molar refractivity (Wildman–Crippen MR) is 84.0 cm³/mol. The summed E-state index contributed by atoms with van der Waals surface area (Å²) >= 11 is 13.1. The Morgan fingerprint density at radius 2 is 2.00 bits per heavy atom. The van der Waals surface area contributed by atoms with Crippen LogP contribution in [0.1, 0.15) is 10.4 Å². The van der Waals surface area contributed by atoms with Gasteiger partial charge in [-0.2, -0.15) is 0 Å². The summed E-state index contributed by atoms with van der Waals surface area (Å²) < 4.78 is 27.5. The van der Waals surface area contributed by atoms with Crippen molar-refractivity contribution in [1.29, 1.82) is 0 Å². The van der Waals surface area contributed by atoms with E-state index in [1.165, 1.54) is 23.5 Å². The summed E-state index contributed by atoms with van der Waals surface area (Å²) in [5.74, 6) is 0. The molecule has 0 spiro atoms. The molecule has 0 atom stereocenters. The second kappa shape index (κ2) is 5.91. The first kappa shape index (κ1) is 15.6. The number of thiophene rings is 1. The van der Waals surface area contributed by atoms with E-state index in [9.17, 15) is 8.42 Å². The lowest BCUT2D eigenvalue weighted by atomic mass is 10.2. The highest BCUT2D eigenvalue weighted by Gasteiger charge is 2.19. The monoisotopic (exact) mass is 350 g/mol. The molecule has 1 aromatic carbocycles. The van der Waals surface area contributed by atoms with Gasteiger partial charge in [-0.05, 0) is 36.8 Å². The van der Waals surface area contributed by atoms with Gasteiger partial charge in [0, 0.05) is 17.1 Å². The number of rotatable bonds is 4. The van der Waals surface area contributed by atoms with Crippen molar-refractivity contribution in [2.24, 2.45) is 0 Å². The third-order valence-electron chi connectivity index (χ3n) is 2.68. The first-order valence-electron chi connectivity index (χ1n) is 5.59. The molecule has 0 aliphatic heterocycles. The fraction of sp³-hybridized carbons (Fsp3) is 0.167. The van der Waals surface area contributed by atoms with Crippen LogP contribution < -0.4 is 10.5 Å². The van der Waals surface area contributed by atoms with Crippen molar-refractivity contribution in [2.75, 3.05) is 5.73 Å². The molecule has 0 fully saturated rings. The zero-order chi connectivity index (χ0) is 14.9. The Balaban J connectivity index is 2.24. The Morgan fingerprint density at radius 3 is 2.60 bits per heavy atom. The highest BCUT2D eigenvalue weighted by Crippen LogP contribution is 2.27. The van der Waals surface area contributed by atoms with Gasteiger partial charge in [0.05, 0.1) is 9.36 Å². The van der Waals surface area contributed by atoms with Crippen molar-refractivity contribution >= 4 is 50.2 Å². The van der Waals surface area contributed by atoms with Crippen molar-refractivity contribution in [3.05, 3.63) is 44.1 Å². The van der Waals surface area contributed by atoms with Gasteiger partial charge in [0.15, 0.2) is 0 Å². The van der Waals surface area contributed by atoms with E-state index in [1.807, 2.05) is 0 Å². The number of benzene rings is 1. The number of hydrogen-bond donors (Lipinski definition) is 2. The highest BCUT2D eigenvalue weighted by molar-refractivity contribution is 7.89. The lowest BCUT2D eigenvalue weighted by Gasteiger charge is -2.10. The molecule has 0 saturated carbocycles. The van der Waals surface area contributed by atoms with Gasteiger partial charge < -0.3 is 5.73 Å². The van der Waals surface area contributed by atoms with Crippen LogP contribution >= 0.6 is 34.5 Å². The lowest BCUT2D eigenvalue weighted by Crippen LogP contribution is -2.23. The quantitative estimate of drug-likeness (QED) is 0.829. The maximum atomic E-state index is 12.2. The molecule has 0 unspecified atom stereocenters. The Labute approximate surface area is 131 Å². The minimum Gasteiger partial charge on any atom is -0.398 e. The van der Waals surface area contributed by atoms with Crippen molar-refractivity contribution < 1.29 is 8.42 Å². The molecule has 0 saturated heterocycles. The summed E-state index contributed by atoms with van der Waals surface area (Å²) in [5, 5.41) is 0.147. The van der Waals surface area contributed by atoms with Gasteiger partial charge in [-0.1, -0.05) is 23.2 Å². The summed E-state index contributed by atoms with van der Waals surface area (Å²) in [6.45, 7) is 1.92. The van der Waals surface area contributed by atoms with Crippen LogP contribution in [-0.2, 0) is 16.6 Å². The zero-order valence-electron chi connectivity index (χ0n) is 10.5. The average Bonchev–Trinajstić information content (AvgIpc) is 2.77. The molecule has 0 amide bonds. The number of nitrogens with two attached hydrogens (primary N) is 1. The Kier molecular flexibility index (Phi) is 4.61. The molecule has 0 aliphatic rings. The molecule has 2 rings (SSSR count). The van der Waals surface area contributed by atoms with E-state index in [4.69, 9.17) is 28.9 Å². The van der Waals surface area contributed by atoms with Crippen LogP contribution in [0.25, 0.3) is 0 Å². The molecular weight excluding hydrogens is 339 g/mol. The molecule has 8 heteroatoms. The van der Waals surface area contributed by atoms with Gasteiger partial charge in [0.25, 0.3) is 0 Å². The minimum atomic E-state index is -3.72. The van der Waals surface area contributed by atoms with Crippen LogP contribution in [-0.4, -0.2) is 8.42 Å². The van der Waals surface area contributed by atoms with Gasteiger partial charge in [-0.15, -0.1) is 11.3 Å². The Bertz CT molecular complexity index is 742. The molecule has 20 heavy (non-hydrogen) atoms. The van der Waals surface area contributed by atoms with Gasteiger partial charge in [-0.3, -0.25) is 0 Å². The van der Waals surface area contributed by atoms with Gasteiger partial charge in [-0.25, -0.2) is 13.1 Å². The molecule has 0 bridgehead atoms. The average molecular weight is 351 g/mol. The summed E-state index contributed by atoms with van der Waals surface area (Å²) in [6.07, 6.45) is 0. The third kappa shape index (κ3) is 3.45. The predicted octanol–water partition coefficient (Wildman–Crippen LogP) is 3.42. The molecule has 1 heterocycles. The van der Waals surface area contributed by atoms with Crippen molar-refractivity contribution in [1.82, 2.24) is 4.72 Å². The van der Waals surface area contributed by atoms with Crippen LogP contribution in [0.2, 0.25) is 9.36 Å². The number of nitrogen functional groups attached to an aromatic ring is 1. The highest BCUT2D eigenvalue weighted by atomic mass is 35.5. The minimum absolute atomic E-state index is 0.0232. The summed E-state index contributed by atoms with van der Waals surface area (Å²) in [5.41, 5.74) is 6.85. The number of halogens is 2. The van der Waals surface area contributed by atoms with Crippen molar-refractivity contribution in [3.8, 4) is 0 Å². The van der Waals surface area contributed by atoms with E-state index in [1.54, 1.807) is 19.1 Å². The molecule has 0 radical (unpaired) electrons. The number of nitrogens with one attached hydrogen (secondary N) is 1. The fourth-order valence-electron chi connectivity index (χ4n) is 1.57. The van der Waals surface area contributed by atoms with E-state index in [0.29, 0.717) is 10.0 Å². The molecule has 4 nitrogen and oxygen atoms in total. The lowest BCUT2D eigenvalue weighted by molar-refractivity contribution is 0.582. The van der Waals surface area contributed by atoms with E-state index >= 15 is 0 Å². The Hall–Kier alpha value is -0.790. The summed E-state index contributed by atoms with van der Waals surface area (Å²) in [7, 11) is -3.72. The van der Waals surface area contributed by atoms with Gasteiger partial charge >= 0.3 is 0 Å². The third-order valence-corrected chi connectivity index (χ3v) is 5.77. The van der Waals surface area contributed by atoms with E-state index in [2.05, 4.69) is 4.72 Å². The number of aryl methyl sites for hydroxylation is 1. The van der Waals surface area contributed by atoms with E-state index in [0.717, 1.165) is 10.4 Å². The zero-order valence-corrected chi connectivity index (χ0v) is 13.6. The van der Waals surface area contributed by atoms with E-state index < -0.39 is 10.0 Å². The second-order valence-corrected chi connectivity index (χ2v) is 8.11. The SMILES string of the molecule is Cc1cc(Cl)c(S(=O)(=O)NCc2ccc(Cl)s2)cc1N. The molecular formula is C12H12Cl2N2O2S2. The smallest absolute Gasteiger partial charge is 0.242 e. The molecule has 3 N–H and O–H groups in total. The largest absolute Gasteiger partial charge is 0.398 e. The fourth-order valence-corrected chi connectivity index (χ4v) is 4.31. The van der Waals surface area contributed by atoms with Crippen molar-refractivity contribution in [2.45, 2.75) is 18.4 Å². The van der Waals surface area contributed by atoms with Crippen LogP contribution in [0.3, 0.4) is 0 Å². The first-order chi connectivity index (χ1) is 9.29. The molecule has 2 aromatic rings. The normalized spacial score (nSPS) is 11.8. The van der Waals surface area contributed by atoms with Crippen LogP contribution in [0.5, 0.6) is 0 Å². The molecule has 1 aromatic heterocycles. The number of hydrogen-bond acceptors (Lipinski definition) is 4. The van der Waals surface area contributed by atoms with Crippen molar-refractivity contribution in [3.63, 3.8) is 0 Å². The second-order valence-electron chi connectivity index (χ2n) is 4.17. The van der Waals surface area contributed by atoms with Gasteiger partial charge in [0.2, 0.25) is 10.0 Å². The molecule has 108 valence electrons. The topological polar surface area (TPSA) is 72.2 Å². The summed E-state index contributed by atoms with van der Waals surface area (Å²) in [4.78, 5) is 0.791. The maximum absolute atomic E-state index is 12.2. The van der Waals surface area contributed by atoms with E-state index in [-0.39, 0.29) is 16.5 Å². The standard InChI is InChI=1S/C12H12Cl2N2O2S2/c1-7-4-9(13)11(5-10(7)15)20(17,18)16-6-8-2-3-12(14)19-8/h2-5,16H,6,15H2,1H3. The van der Waals surface area contributed by atoms with Gasteiger partial charge in [0.1, 0.15) is 4.90 Å². The summed E-state index contributed by atoms with van der Waals surface area (Å²) in [6, 6.07) is 6.38. The first-order valence-corrected chi connectivity index (χ1v) is 8.64. The number of anilines is 1. The Morgan fingerprint density at radius 1 is 1.30 bits per heavy atom.